The summed E-state index contributed by atoms with van der Waals surface area (Å²) in [5.74, 6) is 1.51. The van der Waals surface area contributed by atoms with Crippen molar-refractivity contribution in [3.63, 3.8) is 0 Å². The Bertz CT molecular complexity index is 339. The Morgan fingerprint density at radius 2 is 1.78 bits per heavy atom. The highest BCUT2D eigenvalue weighted by atomic mass is 35.5. The van der Waals surface area contributed by atoms with E-state index >= 15 is 0 Å². The molecule has 0 aromatic heterocycles. The number of carbonyl (C=O) groups excluding carboxylic acids is 1. The van der Waals surface area contributed by atoms with Crippen molar-refractivity contribution in [1.29, 1.82) is 0 Å². The monoisotopic (exact) mass is 367 g/mol. The van der Waals surface area contributed by atoms with E-state index in [1.807, 2.05) is 0 Å². The summed E-state index contributed by atoms with van der Waals surface area (Å²) in [4.78, 5) is 14.8. The number of piperidine rings is 1. The van der Waals surface area contributed by atoms with Crippen LogP contribution in [0.15, 0.2) is 0 Å². The Hall–Kier alpha value is -0.0300. The first-order chi connectivity index (χ1) is 9.99. The van der Waals surface area contributed by atoms with E-state index < -0.39 is 5.54 Å². The molecule has 0 spiro atoms. The number of likely N-dealkylation sites (tertiary alicyclic amines) is 1. The van der Waals surface area contributed by atoms with Crippen molar-refractivity contribution in [2.45, 2.75) is 64.3 Å². The summed E-state index contributed by atoms with van der Waals surface area (Å²) in [5, 5.41) is 3.12. The van der Waals surface area contributed by atoms with Gasteiger partial charge < -0.3 is 16.0 Å². The molecule has 2 fully saturated rings. The fraction of sp³-hybridized carbons (Fsp3) is 0.941. The minimum atomic E-state index is -0.571. The summed E-state index contributed by atoms with van der Waals surface area (Å²) in [5.41, 5.74) is 5.62. The van der Waals surface area contributed by atoms with Crippen molar-refractivity contribution in [3.8, 4) is 0 Å². The molecule has 0 aromatic rings. The second-order valence-electron chi connectivity index (χ2n) is 7.54. The molecule has 1 aliphatic carbocycles. The van der Waals surface area contributed by atoms with Gasteiger partial charge in [-0.2, -0.15) is 0 Å². The third kappa shape index (κ3) is 7.16. The SMILES string of the molecule is CC(C)CCN1CCC(CNC(=O)C2(N)CCCC2)CC1.Cl.Cl. The lowest BCUT2D eigenvalue weighted by Gasteiger charge is -2.33. The molecule has 0 unspecified atom stereocenters. The fourth-order valence-corrected chi connectivity index (χ4v) is 3.50. The smallest absolute Gasteiger partial charge is 0.240 e. The summed E-state index contributed by atoms with van der Waals surface area (Å²) >= 11 is 0. The molecule has 0 atom stereocenters. The van der Waals surface area contributed by atoms with Gasteiger partial charge in [-0.3, -0.25) is 4.79 Å². The van der Waals surface area contributed by atoms with Crippen molar-refractivity contribution in [1.82, 2.24) is 10.2 Å². The Balaban J connectivity index is 0.00000242. The summed E-state index contributed by atoms with van der Waals surface area (Å²) in [6.07, 6.45) is 7.60. The van der Waals surface area contributed by atoms with Crippen LogP contribution in [-0.4, -0.2) is 42.5 Å². The molecule has 1 heterocycles. The van der Waals surface area contributed by atoms with E-state index in [-0.39, 0.29) is 30.7 Å². The number of nitrogens with zero attached hydrogens (tertiary/aromatic N) is 1. The second-order valence-corrected chi connectivity index (χ2v) is 7.54. The molecule has 0 bridgehead atoms. The van der Waals surface area contributed by atoms with E-state index in [0.717, 1.165) is 38.1 Å². The molecule has 1 saturated heterocycles. The van der Waals surface area contributed by atoms with Crippen LogP contribution in [0, 0.1) is 11.8 Å². The van der Waals surface area contributed by atoms with Gasteiger partial charge in [0.05, 0.1) is 5.54 Å². The van der Waals surface area contributed by atoms with Crippen LogP contribution in [0.4, 0.5) is 0 Å². The average molecular weight is 368 g/mol. The summed E-state index contributed by atoms with van der Waals surface area (Å²) < 4.78 is 0. The van der Waals surface area contributed by atoms with Crippen LogP contribution < -0.4 is 11.1 Å². The lowest BCUT2D eigenvalue weighted by atomic mass is 9.94. The first-order valence-corrected chi connectivity index (χ1v) is 8.79. The molecule has 3 N–H and O–H groups in total. The number of amides is 1. The predicted octanol–water partition coefficient (Wildman–Crippen LogP) is 2.98. The van der Waals surface area contributed by atoms with Gasteiger partial charge in [-0.15, -0.1) is 24.8 Å². The Morgan fingerprint density at radius 1 is 1.22 bits per heavy atom. The van der Waals surface area contributed by atoms with Crippen LogP contribution in [0.3, 0.4) is 0 Å². The normalized spacial score (nSPS) is 21.6. The van der Waals surface area contributed by atoms with Crippen LogP contribution in [0.5, 0.6) is 0 Å². The Kier molecular flexibility index (Phi) is 10.7. The molecule has 2 rings (SSSR count). The molecule has 2 aliphatic rings. The van der Waals surface area contributed by atoms with Crippen LogP contribution in [0.1, 0.15) is 58.8 Å². The van der Waals surface area contributed by atoms with E-state index in [9.17, 15) is 4.79 Å². The Morgan fingerprint density at radius 3 is 2.30 bits per heavy atom. The van der Waals surface area contributed by atoms with Gasteiger partial charge in [0.25, 0.3) is 0 Å². The molecule has 4 nitrogen and oxygen atoms in total. The zero-order valence-electron chi connectivity index (χ0n) is 14.7. The largest absolute Gasteiger partial charge is 0.354 e. The van der Waals surface area contributed by atoms with Gasteiger partial charge in [-0.25, -0.2) is 0 Å². The molecule has 6 heteroatoms. The van der Waals surface area contributed by atoms with E-state index in [2.05, 4.69) is 24.1 Å². The molecule has 23 heavy (non-hydrogen) atoms. The molecule has 1 saturated carbocycles. The van der Waals surface area contributed by atoms with E-state index in [1.54, 1.807) is 0 Å². The highest BCUT2D eigenvalue weighted by Crippen LogP contribution is 2.27. The first-order valence-electron chi connectivity index (χ1n) is 8.79. The van der Waals surface area contributed by atoms with Crippen LogP contribution in [0.25, 0.3) is 0 Å². The standard InChI is InChI=1S/C17H33N3O.2ClH/c1-14(2)5-10-20-11-6-15(7-12-20)13-19-16(21)17(18)8-3-4-9-17;;/h14-15H,3-13,18H2,1-2H3,(H,19,21);2*1H. The molecule has 0 radical (unpaired) electrons. The zero-order chi connectivity index (χ0) is 15.3. The third-order valence-corrected chi connectivity index (χ3v) is 5.23. The number of rotatable bonds is 6. The quantitative estimate of drug-likeness (QED) is 0.758. The van der Waals surface area contributed by atoms with E-state index in [1.165, 1.54) is 38.9 Å². The van der Waals surface area contributed by atoms with Gasteiger partial charge in [0, 0.05) is 6.54 Å². The molecule has 0 aromatic carbocycles. The van der Waals surface area contributed by atoms with Crippen LogP contribution >= 0.6 is 24.8 Å². The number of hydrogen-bond donors (Lipinski definition) is 2. The first kappa shape index (κ1) is 23.0. The van der Waals surface area contributed by atoms with Crippen LogP contribution in [0.2, 0.25) is 0 Å². The fourth-order valence-electron chi connectivity index (χ4n) is 3.50. The van der Waals surface area contributed by atoms with E-state index in [4.69, 9.17) is 5.73 Å². The summed E-state index contributed by atoms with van der Waals surface area (Å²) in [6, 6.07) is 0. The van der Waals surface area contributed by atoms with Crippen molar-refractivity contribution < 1.29 is 4.79 Å². The highest BCUT2D eigenvalue weighted by molar-refractivity contribution is 5.86. The average Bonchev–Trinajstić information content (AvgIpc) is 2.92. The topological polar surface area (TPSA) is 58.4 Å². The molecule has 1 amide bonds. The van der Waals surface area contributed by atoms with Crippen molar-refractivity contribution >= 4 is 30.7 Å². The predicted molar refractivity (Wildman–Crippen MR) is 102 cm³/mol. The summed E-state index contributed by atoms with van der Waals surface area (Å²) in [6.45, 7) is 8.97. The van der Waals surface area contributed by atoms with Gasteiger partial charge in [0.2, 0.25) is 5.91 Å². The number of nitrogens with one attached hydrogen (secondary N) is 1. The lowest BCUT2D eigenvalue weighted by molar-refractivity contribution is -0.126. The number of halogens is 2. The van der Waals surface area contributed by atoms with Gasteiger partial charge in [-0.05, 0) is 63.6 Å². The lowest BCUT2D eigenvalue weighted by Crippen LogP contribution is -2.53. The third-order valence-electron chi connectivity index (χ3n) is 5.23. The molecular formula is C17H35Cl2N3O. The molecular weight excluding hydrogens is 333 g/mol. The zero-order valence-corrected chi connectivity index (χ0v) is 16.3. The maximum absolute atomic E-state index is 12.2. The van der Waals surface area contributed by atoms with E-state index in [0.29, 0.717) is 5.92 Å². The van der Waals surface area contributed by atoms with Gasteiger partial charge in [0.1, 0.15) is 0 Å². The number of nitrogens with two attached hydrogens (primary N) is 1. The summed E-state index contributed by atoms with van der Waals surface area (Å²) in [7, 11) is 0. The maximum Gasteiger partial charge on any atom is 0.240 e. The van der Waals surface area contributed by atoms with Crippen molar-refractivity contribution in [2.24, 2.45) is 17.6 Å². The van der Waals surface area contributed by atoms with Gasteiger partial charge in [-0.1, -0.05) is 26.7 Å². The minimum Gasteiger partial charge on any atom is -0.354 e. The molecule has 138 valence electrons. The molecule has 1 aliphatic heterocycles. The highest BCUT2D eigenvalue weighted by Gasteiger charge is 2.37. The number of hydrogen-bond acceptors (Lipinski definition) is 3. The van der Waals surface area contributed by atoms with Gasteiger partial charge in [0.15, 0.2) is 0 Å². The Labute approximate surface area is 154 Å². The van der Waals surface area contributed by atoms with Crippen molar-refractivity contribution in [3.05, 3.63) is 0 Å². The van der Waals surface area contributed by atoms with Crippen LogP contribution in [-0.2, 0) is 4.79 Å². The minimum absolute atomic E-state index is 0. The second kappa shape index (κ2) is 10.8. The van der Waals surface area contributed by atoms with Gasteiger partial charge >= 0.3 is 0 Å². The maximum atomic E-state index is 12.2. The number of carbonyl (C=O) groups is 1. The van der Waals surface area contributed by atoms with Crippen molar-refractivity contribution in [2.75, 3.05) is 26.2 Å².